The van der Waals surface area contributed by atoms with Crippen molar-refractivity contribution in [3.8, 4) is 11.5 Å². The molecule has 0 atom stereocenters. The van der Waals surface area contributed by atoms with Gasteiger partial charge in [0.1, 0.15) is 11.5 Å². The van der Waals surface area contributed by atoms with E-state index in [1.807, 2.05) is 0 Å². The number of benzene rings is 2. The summed E-state index contributed by atoms with van der Waals surface area (Å²) in [6, 6.07) is 11.6. The number of nitrogen functional groups attached to an aromatic ring is 2. The molecular weight excluding hydrogens is 244 g/mol. The largest absolute Gasteiger partial charge is 0.465 e. The third-order valence-electron chi connectivity index (χ3n) is 2.54. The number of hydrogen-bond acceptors (Lipinski definition) is 5. The zero-order valence-electron chi connectivity index (χ0n) is 10.4. The first-order valence-electron chi connectivity index (χ1n) is 5.61. The highest BCUT2D eigenvalue weighted by Gasteiger charge is 2.06. The van der Waals surface area contributed by atoms with E-state index >= 15 is 0 Å². The summed E-state index contributed by atoms with van der Waals surface area (Å²) in [6.07, 6.45) is 0. The van der Waals surface area contributed by atoms with Gasteiger partial charge < -0.3 is 20.9 Å². The monoisotopic (exact) mass is 258 g/mol. The third kappa shape index (κ3) is 2.95. The van der Waals surface area contributed by atoms with Crippen LogP contribution in [0.3, 0.4) is 0 Å². The molecule has 98 valence electrons. The average molecular weight is 258 g/mol. The molecule has 2 aromatic rings. The van der Waals surface area contributed by atoms with Gasteiger partial charge in [-0.05, 0) is 42.5 Å². The summed E-state index contributed by atoms with van der Waals surface area (Å²) in [5, 5.41) is 0. The fourth-order valence-corrected chi connectivity index (χ4v) is 1.56. The van der Waals surface area contributed by atoms with Gasteiger partial charge in [-0.25, -0.2) is 4.79 Å². The number of carbonyl (C=O) groups excluding carboxylic acids is 1. The second-order valence-corrected chi connectivity index (χ2v) is 3.92. The Morgan fingerprint density at radius 3 is 2.32 bits per heavy atom. The van der Waals surface area contributed by atoms with Gasteiger partial charge in [-0.15, -0.1) is 0 Å². The van der Waals surface area contributed by atoms with E-state index in [-0.39, 0.29) is 0 Å². The smallest absolute Gasteiger partial charge is 0.337 e. The van der Waals surface area contributed by atoms with Crippen LogP contribution in [0.25, 0.3) is 0 Å². The molecule has 0 saturated heterocycles. The number of esters is 1. The van der Waals surface area contributed by atoms with Crippen molar-refractivity contribution in [1.82, 2.24) is 0 Å². The molecule has 5 nitrogen and oxygen atoms in total. The van der Waals surface area contributed by atoms with Gasteiger partial charge in [0, 0.05) is 5.69 Å². The van der Waals surface area contributed by atoms with Crippen LogP contribution in [-0.4, -0.2) is 13.1 Å². The van der Waals surface area contributed by atoms with Crippen molar-refractivity contribution in [2.45, 2.75) is 0 Å². The van der Waals surface area contributed by atoms with Crippen molar-refractivity contribution < 1.29 is 14.3 Å². The van der Waals surface area contributed by atoms with E-state index in [2.05, 4.69) is 4.74 Å². The fraction of sp³-hybridized carbons (Fsp3) is 0.0714. The maximum absolute atomic E-state index is 11.3. The van der Waals surface area contributed by atoms with E-state index in [1.54, 1.807) is 42.5 Å². The minimum Gasteiger partial charge on any atom is -0.465 e. The van der Waals surface area contributed by atoms with E-state index in [0.29, 0.717) is 28.4 Å². The number of carbonyl (C=O) groups is 1. The number of anilines is 2. The standard InChI is InChI=1S/C14H14N2O3/c1-18-14(17)9-2-5-11(6-3-9)19-13-7-4-10(15)8-12(13)16/h2-8H,15-16H2,1H3. The number of rotatable bonds is 3. The Labute approximate surface area is 110 Å². The molecule has 0 fully saturated rings. The van der Waals surface area contributed by atoms with Crippen LogP contribution in [-0.2, 0) is 4.74 Å². The lowest BCUT2D eigenvalue weighted by Crippen LogP contribution is -2.00. The molecule has 0 saturated carbocycles. The molecule has 19 heavy (non-hydrogen) atoms. The molecule has 0 bridgehead atoms. The molecule has 2 aromatic carbocycles. The Morgan fingerprint density at radius 1 is 1.05 bits per heavy atom. The topological polar surface area (TPSA) is 87.6 Å². The summed E-state index contributed by atoms with van der Waals surface area (Å²) in [5.41, 5.74) is 12.9. The van der Waals surface area contributed by atoms with E-state index in [4.69, 9.17) is 16.2 Å². The highest BCUT2D eigenvalue weighted by atomic mass is 16.5. The van der Waals surface area contributed by atoms with Crippen LogP contribution in [0, 0.1) is 0 Å². The van der Waals surface area contributed by atoms with Gasteiger partial charge in [0.05, 0.1) is 18.4 Å². The average Bonchev–Trinajstić information content (AvgIpc) is 2.42. The second kappa shape index (κ2) is 5.30. The van der Waals surface area contributed by atoms with E-state index in [1.165, 1.54) is 7.11 Å². The van der Waals surface area contributed by atoms with Crippen molar-refractivity contribution in [3.63, 3.8) is 0 Å². The molecule has 0 aliphatic rings. The Kier molecular flexibility index (Phi) is 3.56. The van der Waals surface area contributed by atoms with Crippen LogP contribution in [0.5, 0.6) is 11.5 Å². The fourth-order valence-electron chi connectivity index (χ4n) is 1.56. The molecule has 0 aliphatic carbocycles. The van der Waals surface area contributed by atoms with E-state index in [0.717, 1.165) is 0 Å². The predicted molar refractivity (Wildman–Crippen MR) is 73.1 cm³/mol. The van der Waals surface area contributed by atoms with Crippen LogP contribution >= 0.6 is 0 Å². The first kappa shape index (κ1) is 12.8. The van der Waals surface area contributed by atoms with Crippen molar-refractivity contribution in [2.75, 3.05) is 18.6 Å². The summed E-state index contributed by atoms with van der Waals surface area (Å²) >= 11 is 0. The van der Waals surface area contributed by atoms with Gasteiger partial charge in [0.15, 0.2) is 0 Å². The second-order valence-electron chi connectivity index (χ2n) is 3.92. The van der Waals surface area contributed by atoms with Crippen LogP contribution in [0.1, 0.15) is 10.4 Å². The Morgan fingerprint density at radius 2 is 1.74 bits per heavy atom. The molecule has 0 unspecified atom stereocenters. The van der Waals surface area contributed by atoms with Gasteiger partial charge >= 0.3 is 5.97 Å². The Bertz CT molecular complexity index is 594. The SMILES string of the molecule is COC(=O)c1ccc(Oc2ccc(N)cc2N)cc1. The zero-order chi connectivity index (χ0) is 13.8. The highest BCUT2D eigenvalue weighted by molar-refractivity contribution is 5.89. The first-order chi connectivity index (χ1) is 9.10. The van der Waals surface area contributed by atoms with Gasteiger partial charge in [0.25, 0.3) is 0 Å². The zero-order valence-corrected chi connectivity index (χ0v) is 10.4. The molecule has 5 heteroatoms. The maximum atomic E-state index is 11.3. The molecule has 4 N–H and O–H groups in total. The molecule has 0 aliphatic heterocycles. The predicted octanol–water partition coefficient (Wildman–Crippen LogP) is 2.43. The van der Waals surface area contributed by atoms with Crippen LogP contribution in [0.2, 0.25) is 0 Å². The van der Waals surface area contributed by atoms with Gasteiger partial charge in [0.2, 0.25) is 0 Å². The summed E-state index contributed by atoms with van der Waals surface area (Å²) in [7, 11) is 1.34. The molecule has 0 amide bonds. The number of methoxy groups -OCH3 is 1. The number of hydrogen-bond donors (Lipinski definition) is 2. The van der Waals surface area contributed by atoms with Gasteiger partial charge in [-0.2, -0.15) is 0 Å². The van der Waals surface area contributed by atoms with Gasteiger partial charge in [-0.1, -0.05) is 0 Å². The van der Waals surface area contributed by atoms with Crippen LogP contribution in [0.4, 0.5) is 11.4 Å². The third-order valence-corrected chi connectivity index (χ3v) is 2.54. The molecule has 0 aromatic heterocycles. The molecule has 0 heterocycles. The van der Waals surface area contributed by atoms with Gasteiger partial charge in [-0.3, -0.25) is 0 Å². The molecule has 0 spiro atoms. The summed E-state index contributed by atoms with van der Waals surface area (Å²) in [4.78, 5) is 11.3. The summed E-state index contributed by atoms with van der Waals surface area (Å²) in [5.74, 6) is 0.697. The number of nitrogens with two attached hydrogens (primary N) is 2. The summed E-state index contributed by atoms with van der Waals surface area (Å²) < 4.78 is 10.2. The van der Waals surface area contributed by atoms with Crippen LogP contribution < -0.4 is 16.2 Å². The minimum absolute atomic E-state index is 0.390. The number of ether oxygens (including phenoxy) is 2. The molecular formula is C14H14N2O3. The molecule has 2 rings (SSSR count). The normalized spacial score (nSPS) is 9.95. The minimum atomic E-state index is -0.390. The Hall–Kier alpha value is -2.69. The Balaban J connectivity index is 2.17. The summed E-state index contributed by atoms with van der Waals surface area (Å²) in [6.45, 7) is 0. The van der Waals surface area contributed by atoms with Crippen molar-refractivity contribution in [2.24, 2.45) is 0 Å². The van der Waals surface area contributed by atoms with Crippen LogP contribution in [0.15, 0.2) is 42.5 Å². The highest BCUT2D eigenvalue weighted by Crippen LogP contribution is 2.29. The molecule has 0 radical (unpaired) electrons. The maximum Gasteiger partial charge on any atom is 0.337 e. The quantitative estimate of drug-likeness (QED) is 0.652. The first-order valence-corrected chi connectivity index (χ1v) is 5.61. The van der Waals surface area contributed by atoms with Crippen molar-refractivity contribution in [1.29, 1.82) is 0 Å². The van der Waals surface area contributed by atoms with E-state index in [9.17, 15) is 4.79 Å². The lowest BCUT2D eigenvalue weighted by molar-refractivity contribution is 0.0600. The van der Waals surface area contributed by atoms with Crippen molar-refractivity contribution in [3.05, 3.63) is 48.0 Å². The lowest BCUT2D eigenvalue weighted by Gasteiger charge is -2.09. The van der Waals surface area contributed by atoms with E-state index < -0.39 is 5.97 Å². The van der Waals surface area contributed by atoms with Crippen molar-refractivity contribution >= 4 is 17.3 Å². The lowest BCUT2D eigenvalue weighted by atomic mass is 10.2.